The summed E-state index contributed by atoms with van der Waals surface area (Å²) in [5, 5.41) is 9.78. The molecule has 0 spiro atoms. The van der Waals surface area contributed by atoms with Crippen molar-refractivity contribution in [1.82, 2.24) is 19.1 Å². The summed E-state index contributed by atoms with van der Waals surface area (Å²) in [5.74, 6) is -0.300. The van der Waals surface area contributed by atoms with E-state index in [1.54, 1.807) is 6.07 Å². The quantitative estimate of drug-likeness (QED) is 0.722. The number of hydrogen-bond acceptors (Lipinski definition) is 6. The Morgan fingerprint density at radius 3 is 2.47 bits per heavy atom. The Morgan fingerprint density at radius 1 is 1.21 bits per heavy atom. The molecule has 0 bridgehead atoms. The van der Waals surface area contributed by atoms with E-state index >= 15 is 0 Å². The normalized spacial score (nSPS) is 11.1. The first-order valence-corrected chi connectivity index (χ1v) is 5.32. The van der Waals surface area contributed by atoms with Crippen LogP contribution in [-0.4, -0.2) is 30.4 Å². The highest BCUT2D eigenvalue weighted by molar-refractivity contribution is 5.83. The smallest absolute Gasteiger partial charge is 0.333 e. The summed E-state index contributed by atoms with van der Waals surface area (Å²) >= 11 is 0. The largest absolute Gasteiger partial charge is 0.494 e. The molecule has 0 radical (unpaired) electrons. The van der Waals surface area contributed by atoms with Crippen LogP contribution in [0.15, 0.2) is 33.0 Å². The van der Waals surface area contributed by atoms with Crippen molar-refractivity contribution in [3.63, 3.8) is 0 Å². The molecule has 0 aromatic carbocycles. The van der Waals surface area contributed by atoms with Crippen LogP contribution in [0.1, 0.15) is 5.56 Å². The molecular formula is C11H11N5O3. The minimum absolute atomic E-state index is 0.1000. The van der Waals surface area contributed by atoms with Gasteiger partial charge in [-0.3, -0.25) is 13.9 Å². The predicted molar refractivity (Wildman–Crippen MR) is 67.9 cm³/mol. The van der Waals surface area contributed by atoms with Crippen molar-refractivity contribution in [2.24, 2.45) is 19.1 Å². The van der Waals surface area contributed by atoms with E-state index < -0.39 is 17.1 Å². The van der Waals surface area contributed by atoms with Crippen LogP contribution >= 0.6 is 0 Å². The van der Waals surface area contributed by atoms with Crippen molar-refractivity contribution < 1.29 is 5.11 Å². The maximum atomic E-state index is 11.8. The molecule has 8 nitrogen and oxygen atoms in total. The summed E-state index contributed by atoms with van der Waals surface area (Å²) in [5.41, 5.74) is -1.35. The Kier molecular flexibility index (Phi) is 3.23. The highest BCUT2D eigenvalue weighted by atomic mass is 16.3. The Hall–Kier alpha value is -2.77. The summed E-state index contributed by atoms with van der Waals surface area (Å²) in [6, 6.07) is 1.63. The van der Waals surface area contributed by atoms with Crippen molar-refractivity contribution in [1.29, 1.82) is 0 Å². The highest BCUT2D eigenvalue weighted by Gasteiger charge is 2.12. The molecule has 2 aromatic rings. The zero-order chi connectivity index (χ0) is 14.0. The zero-order valence-electron chi connectivity index (χ0n) is 10.3. The first-order valence-electron chi connectivity index (χ1n) is 5.32. The fraction of sp³-hybridized carbons (Fsp3) is 0.182. The molecule has 8 heteroatoms. The minimum atomic E-state index is -0.639. The molecular weight excluding hydrogens is 250 g/mol. The first kappa shape index (κ1) is 12.7. The summed E-state index contributed by atoms with van der Waals surface area (Å²) in [4.78, 5) is 34.9. The summed E-state index contributed by atoms with van der Waals surface area (Å²) < 4.78 is 1.83. The SMILES string of the molecule is Cn1c(O)c(/C=N/c2ncccn2)c(=O)n(C)c1=O. The van der Waals surface area contributed by atoms with Gasteiger partial charge < -0.3 is 5.11 Å². The predicted octanol–water partition coefficient (Wildman–Crippen LogP) is -0.670. The third-order valence-electron chi connectivity index (χ3n) is 2.53. The Morgan fingerprint density at radius 2 is 1.84 bits per heavy atom. The Bertz CT molecular complexity index is 745. The van der Waals surface area contributed by atoms with Crippen LogP contribution in [0.2, 0.25) is 0 Å². The van der Waals surface area contributed by atoms with Gasteiger partial charge in [0, 0.05) is 32.7 Å². The molecule has 0 aliphatic heterocycles. The lowest BCUT2D eigenvalue weighted by atomic mass is 10.3. The zero-order valence-corrected chi connectivity index (χ0v) is 10.3. The number of rotatable bonds is 2. The van der Waals surface area contributed by atoms with Crippen LogP contribution in [0.4, 0.5) is 5.95 Å². The van der Waals surface area contributed by atoms with E-state index in [1.807, 2.05) is 0 Å². The van der Waals surface area contributed by atoms with E-state index in [4.69, 9.17) is 0 Å². The number of hydrogen-bond donors (Lipinski definition) is 1. The van der Waals surface area contributed by atoms with Gasteiger partial charge in [0.25, 0.3) is 5.56 Å². The molecule has 0 aliphatic carbocycles. The number of aromatic nitrogens is 4. The summed E-state index contributed by atoms with van der Waals surface area (Å²) in [7, 11) is 2.67. The van der Waals surface area contributed by atoms with E-state index in [-0.39, 0.29) is 11.5 Å². The van der Waals surface area contributed by atoms with Gasteiger partial charge in [0.15, 0.2) is 0 Å². The maximum absolute atomic E-state index is 11.8. The summed E-state index contributed by atoms with van der Waals surface area (Å²) in [6.45, 7) is 0. The first-order chi connectivity index (χ1) is 9.02. The average molecular weight is 261 g/mol. The fourth-order valence-corrected chi connectivity index (χ4v) is 1.45. The van der Waals surface area contributed by atoms with E-state index in [1.165, 1.54) is 26.5 Å². The maximum Gasteiger partial charge on any atom is 0.333 e. The summed E-state index contributed by atoms with van der Waals surface area (Å²) in [6.07, 6.45) is 4.13. The molecule has 0 saturated carbocycles. The molecule has 0 fully saturated rings. The topological polar surface area (TPSA) is 102 Å². The van der Waals surface area contributed by atoms with E-state index in [0.29, 0.717) is 0 Å². The van der Waals surface area contributed by atoms with Gasteiger partial charge in [-0.25, -0.2) is 19.8 Å². The van der Waals surface area contributed by atoms with Crippen molar-refractivity contribution >= 4 is 12.2 Å². The lowest BCUT2D eigenvalue weighted by molar-refractivity contribution is 0.410. The van der Waals surface area contributed by atoms with Gasteiger partial charge >= 0.3 is 5.69 Å². The van der Waals surface area contributed by atoms with Gasteiger partial charge in [0.2, 0.25) is 11.8 Å². The van der Waals surface area contributed by atoms with Gasteiger partial charge in [-0.1, -0.05) is 0 Å². The van der Waals surface area contributed by atoms with Crippen LogP contribution < -0.4 is 11.2 Å². The Labute approximate surface area is 107 Å². The molecule has 2 aromatic heterocycles. The molecule has 0 atom stereocenters. The lowest BCUT2D eigenvalue weighted by Crippen LogP contribution is -2.38. The second-order valence-corrected chi connectivity index (χ2v) is 3.75. The van der Waals surface area contributed by atoms with Crippen LogP contribution in [0.3, 0.4) is 0 Å². The van der Waals surface area contributed by atoms with Gasteiger partial charge in [-0.15, -0.1) is 0 Å². The highest BCUT2D eigenvalue weighted by Crippen LogP contribution is 2.07. The van der Waals surface area contributed by atoms with Crippen LogP contribution in [0, 0.1) is 0 Å². The number of aliphatic imine (C=N–C) groups is 1. The van der Waals surface area contributed by atoms with Crippen molar-refractivity contribution in [2.45, 2.75) is 0 Å². The van der Waals surface area contributed by atoms with Gasteiger partial charge in [0.05, 0.1) is 0 Å². The van der Waals surface area contributed by atoms with Crippen LogP contribution in [0.25, 0.3) is 0 Å². The van der Waals surface area contributed by atoms with E-state index in [9.17, 15) is 14.7 Å². The molecule has 98 valence electrons. The Balaban J connectivity index is 2.56. The standard InChI is InChI=1S/C11H11N5O3/c1-15-8(17)7(9(18)16(2)11(15)19)6-14-10-12-4-3-5-13-10/h3-6,17H,1-2H3/b14-6+. The van der Waals surface area contributed by atoms with Crippen LogP contribution in [0.5, 0.6) is 5.88 Å². The fourth-order valence-electron chi connectivity index (χ4n) is 1.45. The molecule has 0 unspecified atom stereocenters. The van der Waals surface area contributed by atoms with Gasteiger partial charge in [-0.2, -0.15) is 0 Å². The molecule has 19 heavy (non-hydrogen) atoms. The van der Waals surface area contributed by atoms with Crippen molar-refractivity contribution in [3.8, 4) is 5.88 Å². The van der Waals surface area contributed by atoms with Crippen LogP contribution in [-0.2, 0) is 14.1 Å². The lowest BCUT2D eigenvalue weighted by Gasteiger charge is -2.06. The molecule has 0 aliphatic rings. The molecule has 0 amide bonds. The molecule has 1 N–H and O–H groups in total. The van der Waals surface area contributed by atoms with E-state index in [2.05, 4.69) is 15.0 Å². The third kappa shape index (κ3) is 2.28. The van der Waals surface area contributed by atoms with Crippen molar-refractivity contribution in [2.75, 3.05) is 0 Å². The minimum Gasteiger partial charge on any atom is -0.494 e. The monoisotopic (exact) mass is 261 g/mol. The second kappa shape index (κ2) is 4.84. The van der Waals surface area contributed by atoms with Gasteiger partial charge in [0.1, 0.15) is 5.56 Å². The third-order valence-corrected chi connectivity index (χ3v) is 2.53. The number of nitrogens with zero attached hydrogens (tertiary/aromatic N) is 5. The average Bonchev–Trinajstić information content (AvgIpc) is 2.44. The second-order valence-electron chi connectivity index (χ2n) is 3.75. The number of aromatic hydroxyl groups is 1. The van der Waals surface area contributed by atoms with Crippen molar-refractivity contribution in [3.05, 3.63) is 44.9 Å². The van der Waals surface area contributed by atoms with E-state index in [0.717, 1.165) is 15.3 Å². The van der Waals surface area contributed by atoms with Gasteiger partial charge in [-0.05, 0) is 6.07 Å². The molecule has 2 heterocycles. The molecule has 2 rings (SSSR count). The molecule has 0 saturated heterocycles.